The minimum Gasteiger partial charge on any atom is -0.505 e. The van der Waals surface area contributed by atoms with Gasteiger partial charge in [0.2, 0.25) is 9.64 Å². The van der Waals surface area contributed by atoms with E-state index in [0.29, 0.717) is 0 Å². The highest BCUT2D eigenvalue weighted by atomic mass is 35.5. The zero-order valence-electron chi connectivity index (χ0n) is 6.66. The van der Waals surface area contributed by atoms with Crippen LogP contribution in [-0.2, 0) is 9.64 Å². The van der Waals surface area contributed by atoms with Crippen molar-refractivity contribution in [2.24, 2.45) is 0 Å². The van der Waals surface area contributed by atoms with Crippen LogP contribution in [0.4, 0.5) is 5.69 Å². The van der Waals surface area contributed by atoms with Gasteiger partial charge < -0.3 is 5.11 Å². The molecule has 0 radical (unpaired) electrons. The Bertz CT molecular complexity index is 439. The molecule has 1 unspecified atom stereocenters. The number of phenols is 1. The summed E-state index contributed by atoms with van der Waals surface area (Å²) in [6.45, 7) is 0. The Balaban J connectivity index is 3.14. The van der Waals surface area contributed by atoms with Crippen LogP contribution in [0.5, 0.6) is 5.75 Å². The highest BCUT2D eigenvalue weighted by Crippen LogP contribution is 2.35. The van der Waals surface area contributed by atoms with Crippen molar-refractivity contribution in [1.82, 2.24) is 0 Å². The summed E-state index contributed by atoms with van der Waals surface area (Å²) in [7, 11) is -1.83. The Morgan fingerprint density at radius 3 is 2.07 bits per heavy atom. The van der Waals surface area contributed by atoms with Gasteiger partial charge in [0, 0.05) is 8.44 Å². The molecule has 0 aliphatic carbocycles. The second-order valence-electron chi connectivity index (χ2n) is 2.44. The largest absolute Gasteiger partial charge is 0.505 e. The van der Waals surface area contributed by atoms with E-state index in [-0.39, 0.29) is 21.5 Å². The van der Waals surface area contributed by atoms with Gasteiger partial charge in [0.1, 0.15) is 0 Å². The Morgan fingerprint density at radius 1 is 1.29 bits per heavy atom. The predicted molar refractivity (Wildman–Crippen MR) is 60.4 cm³/mol. The maximum Gasteiger partial charge on any atom is 0.243 e. The normalized spacial score (nSPS) is 11.4. The summed E-state index contributed by atoms with van der Waals surface area (Å²) < 4.78 is 23.8. The molecule has 0 aliphatic heterocycles. The first-order valence-electron chi connectivity index (χ1n) is 3.28. The average molecular weight is 274 g/mol. The number of nitrogens with one attached hydrogen (secondary N) is 1. The number of halogens is 2. The maximum atomic E-state index is 10.8. The zero-order chi connectivity index (χ0) is 10.9. The lowest BCUT2D eigenvalue weighted by molar-refractivity contribution is 0.476. The molecular formula is C6H6Cl2NO3PS. The van der Waals surface area contributed by atoms with Crippen molar-refractivity contribution in [2.75, 3.05) is 4.72 Å². The smallest absolute Gasteiger partial charge is 0.243 e. The highest BCUT2D eigenvalue weighted by molar-refractivity contribution is 8.38. The van der Waals surface area contributed by atoms with E-state index < -0.39 is 9.64 Å². The number of benzene rings is 1. The molecule has 0 spiro atoms. The van der Waals surface area contributed by atoms with Crippen LogP contribution in [0, 0.1) is 0 Å². The fourth-order valence-corrected chi connectivity index (χ4v) is 2.13. The van der Waals surface area contributed by atoms with Gasteiger partial charge in [-0.1, -0.05) is 23.2 Å². The quantitative estimate of drug-likeness (QED) is 0.642. The van der Waals surface area contributed by atoms with Crippen molar-refractivity contribution in [3.8, 4) is 5.75 Å². The lowest BCUT2D eigenvalue weighted by Crippen LogP contribution is -2.03. The second-order valence-corrected chi connectivity index (χ2v) is 6.41. The summed E-state index contributed by atoms with van der Waals surface area (Å²) in [5, 5.41) is 9.14. The molecule has 14 heavy (non-hydrogen) atoms. The summed E-state index contributed by atoms with van der Waals surface area (Å²) in [5.74, 6) is -0.278. The third-order valence-corrected chi connectivity index (χ3v) is 2.73. The molecule has 0 saturated carbocycles. The molecule has 4 nitrogen and oxygen atoms in total. The van der Waals surface area contributed by atoms with Crippen LogP contribution in [0.1, 0.15) is 0 Å². The van der Waals surface area contributed by atoms with E-state index in [0.717, 1.165) is 0 Å². The first-order chi connectivity index (χ1) is 6.29. The Kier molecular flexibility index (Phi) is 3.48. The van der Waals surface area contributed by atoms with Crippen LogP contribution in [0.25, 0.3) is 0 Å². The van der Waals surface area contributed by atoms with Crippen molar-refractivity contribution in [3.63, 3.8) is 0 Å². The van der Waals surface area contributed by atoms with Crippen LogP contribution in [0.2, 0.25) is 10.0 Å². The topological polar surface area (TPSA) is 66.4 Å². The number of phenolic OH excluding ortho intramolecular Hbond substituents is 1. The fraction of sp³-hybridized carbons (Fsp3) is 0. The lowest BCUT2D eigenvalue weighted by atomic mass is 10.3. The molecule has 1 rings (SSSR count). The van der Waals surface area contributed by atoms with Crippen molar-refractivity contribution in [2.45, 2.75) is 0 Å². The van der Waals surface area contributed by atoms with E-state index in [4.69, 9.17) is 23.2 Å². The summed E-state index contributed by atoms with van der Waals surface area (Å²) in [4.78, 5) is 0. The lowest BCUT2D eigenvalue weighted by Gasteiger charge is -2.06. The van der Waals surface area contributed by atoms with Gasteiger partial charge in [0.05, 0.1) is 15.7 Å². The summed E-state index contributed by atoms with van der Waals surface area (Å²) in [6.07, 6.45) is 0. The minimum atomic E-state index is -3.46. The fourth-order valence-electron chi connectivity index (χ4n) is 0.789. The van der Waals surface area contributed by atoms with E-state index in [1.54, 1.807) is 8.44 Å². The van der Waals surface area contributed by atoms with E-state index in [9.17, 15) is 13.5 Å². The molecule has 1 aromatic rings. The number of hydrogen-bond acceptors (Lipinski definition) is 3. The molecule has 0 fully saturated rings. The molecule has 0 aromatic heterocycles. The number of rotatable bonds is 2. The Hall–Kier alpha value is -0.220. The molecule has 78 valence electrons. The van der Waals surface area contributed by atoms with Crippen molar-refractivity contribution >= 4 is 47.0 Å². The molecule has 0 amide bonds. The van der Waals surface area contributed by atoms with Gasteiger partial charge in [-0.3, -0.25) is 4.72 Å². The van der Waals surface area contributed by atoms with Gasteiger partial charge in [-0.2, -0.15) is 0 Å². The zero-order valence-corrected chi connectivity index (χ0v) is 10.1. The first kappa shape index (κ1) is 11.9. The van der Waals surface area contributed by atoms with Gasteiger partial charge in [0.25, 0.3) is 0 Å². The molecule has 8 heteroatoms. The van der Waals surface area contributed by atoms with Gasteiger partial charge in [-0.15, -0.1) is 0 Å². The van der Waals surface area contributed by atoms with Gasteiger partial charge in [-0.05, 0) is 12.1 Å². The molecule has 1 atom stereocenters. The number of anilines is 1. The van der Waals surface area contributed by atoms with Crippen molar-refractivity contribution in [3.05, 3.63) is 22.2 Å². The van der Waals surface area contributed by atoms with E-state index in [1.165, 1.54) is 12.1 Å². The molecule has 1 aromatic carbocycles. The molecule has 0 saturated heterocycles. The summed E-state index contributed by atoms with van der Waals surface area (Å²) in [6, 6.07) is 2.51. The molecule has 0 heterocycles. The first-order valence-corrected chi connectivity index (χ1v) is 7.00. The summed E-state index contributed by atoms with van der Waals surface area (Å²) >= 11 is 11.1. The summed E-state index contributed by atoms with van der Waals surface area (Å²) in [5.41, 5.74) is 0.188. The molecule has 0 aliphatic rings. The second kappa shape index (κ2) is 4.11. The molecule has 2 N–H and O–H groups in total. The van der Waals surface area contributed by atoms with Gasteiger partial charge in [0.15, 0.2) is 5.75 Å². The Labute approximate surface area is 93.2 Å². The molecular weight excluding hydrogens is 268 g/mol. The van der Waals surface area contributed by atoms with Crippen molar-refractivity contribution in [1.29, 1.82) is 0 Å². The van der Waals surface area contributed by atoms with Gasteiger partial charge >= 0.3 is 0 Å². The van der Waals surface area contributed by atoms with Crippen molar-refractivity contribution < 1.29 is 13.5 Å². The number of hydrogen-bond donors (Lipinski definition) is 2. The van der Waals surface area contributed by atoms with Crippen LogP contribution < -0.4 is 4.72 Å². The van der Waals surface area contributed by atoms with Crippen LogP contribution in [0.3, 0.4) is 0 Å². The Morgan fingerprint density at radius 2 is 1.71 bits per heavy atom. The van der Waals surface area contributed by atoms with Crippen LogP contribution >= 0.6 is 31.6 Å². The molecule has 0 bridgehead atoms. The van der Waals surface area contributed by atoms with Crippen LogP contribution in [0.15, 0.2) is 12.1 Å². The average Bonchev–Trinajstić information content (AvgIpc) is 1.96. The highest BCUT2D eigenvalue weighted by Gasteiger charge is 2.09. The van der Waals surface area contributed by atoms with E-state index in [1.807, 2.05) is 0 Å². The SMILES string of the molecule is O=S(=O)(P)Nc1cc(Cl)c(O)c(Cl)c1. The standard InChI is InChI=1S/C6H6Cl2NO3PS/c7-4-1-3(9-14(11,12)13)2-5(8)6(4)10/h1-2,9-10H,13H2. The maximum absolute atomic E-state index is 10.8. The van der Waals surface area contributed by atoms with E-state index in [2.05, 4.69) is 4.72 Å². The van der Waals surface area contributed by atoms with E-state index >= 15 is 0 Å². The van der Waals surface area contributed by atoms with Crippen LogP contribution in [-0.4, -0.2) is 13.5 Å². The third-order valence-electron chi connectivity index (χ3n) is 1.28. The van der Waals surface area contributed by atoms with Gasteiger partial charge in [-0.25, -0.2) is 8.42 Å². The predicted octanol–water partition coefficient (Wildman–Crippen LogP) is 2.23. The number of aromatic hydroxyl groups is 1. The minimum absolute atomic E-state index is 0.0198. The monoisotopic (exact) mass is 273 g/mol. The third kappa shape index (κ3) is 3.17.